The first-order chi connectivity index (χ1) is 11.7. The normalized spacial score (nSPS) is 15.7. The maximum absolute atomic E-state index is 13.2. The lowest BCUT2D eigenvalue weighted by Crippen LogP contribution is -2.12. The number of carbonyl (C=O) groups excluding carboxylic acids is 1. The second-order valence-electron chi connectivity index (χ2n) is 5.97. The predicted octanol–water partition coefficient (Wildman–Crippen LogP) is 3.62. The van der Waals surface area contributed by atoms with Gasteiger partial charge in [-0.15, -0.1) is 10.2 Å². The van der Waals surface area contributed by atoms with Gasteiger partial charge in [-0.2, -0.15) is 0 Å². The summed E-state index contributed by atoms with van der Waals surface area (Å²) in [5.41, 5.74) is 0.733. The van der Waals surface area contributed by atoms with E-state index >= 15 is 0 Å². The molecule has 6 nitrogen and oxygen atoms in total. The Kier molecular flexibility index (Phi) is 3.97. The lowest BCUT2D eigenvalue weighted by Gasteiger charge is -2.18. The van der Waals surface area contributed by atoms with Crippen molar-refractivity contribution in [1.29, 1.82) is 0 Å². The summed E-state index contributed by atoms with van der Waals surface area (Å²) in [7, 11) is 0. The lowest BCUT2D eigenvalue weighted by atomic mass is 9.90. The Hall–Kier alpha value is -2.35. The monoisotopic (exact) mass is 345 g/mol. The van der Waals surface area contributed by atoms with Crippen LogP contribution in [0.15, 0.2) is 24.5 Å². The van der Waals surface area contributed by atoms with Crippen molar-refractivity contribution in [2.75, 3.05) is 5.32 Å². The van der Waals surface area contributed by atoms with Crippen LogP contribution in [0.2, 0.25) is 0 Å². The largest absolute Gasteiger partial charge is 0.303 e. The van der Waals surface area contributed by atoms with E-state index in [2.05, 4.69) is 20.5 Å². The summed E-state index contributed by atoms with van der Waals surface area (Å²) < 4.78 is 14.7. The molecule has 0 aliphatic heterocycles. The second-order valence-corrected chi connectivity index (χ2v) is 6.98. The quantitative estimate of drug-likeness (QED) is 0.787. The van der Waals surface area contributed by atoms with E-state index in [0.717, 1.165) is 17.8 Å². The fourth-order valence-electron chi connectivity index (χ4n) is 3.03. The first-order valence-corrected chi connectivity index (χ1v) is 8.80. The third-order valence-corrected chi connectivity index (χ3v) is 5.26. The predicted molar refractivity (Wildman–Crippen MR) is 88.8 cm³/mol. The molecule has 24 heavy (non-hydrogen) atoms. The molecule has 0 unspecified atom stereocenters. The molecule has 0 aromatic carbocycles. The van der Waals surface area contributed by atoms with Crippen LogP contribution in [-0.4, -0.2) is 25.5 Å². The van der Waals surface area contributed by atoms with Crippen LogP contribution in [0.3, 0.4) is 0 Å². The number of amides is 1. The molecule has 124 valence electrons. The van der Waals surface area contributed by atoms with Crippen molar-refractivity contribution in [2.24, 2.45) is 0 Å². The fraction of sp³-hybridized carbons (Fsp3) is 0.375. The molecule has 3 aromatic heterocycles. The standard InChI is InChI=1S/C16H16FN5OS/c17-11-6-7-13-18-12(9-22(13)8-11)14(23)19-16-21-20-15(24-16)10-4-2-1-3-5-10/h6-10H,1-5H2,(H,19,21,23). The Morgan fingerprint density at radius 2 is 2.04 bits per heavy atom. The minimum atomic E-state index is -0.381. The van der Waals surface area contributed by atoms with E-state index in [4.69, 9.17) is 0 Å². The lowest BCUT2D eigenvalue weighted by molar-refractivity contribution is 0.102. The maximum atomic E-state index is 13.2. The zero-order valence-corrected chi connectivity index (χ0v) is 13.7. The number of aromatic nitrogens is 4. The highest BCUT2D eigenvalue weighted by molar-refractivity contribution is 7.15. The number of halogens is 1. The summed E-state index contributed by atoms with van der Waals surface area (Å²) in [6.07, 6.45) is 8.80. The van der Waals surface area contributed by atoms with Crippen molar-refractivity contribution in [1.82, 2.24) is 19.6 Å². The van der Waals surface area contributed by atoms with E-state index in [9.17, 15) is 9.18 Å². The Balaban J connectivity index is 1.49. The van der Waals surface area contributed by atoms with Gasteiger partial charge in [0.1, 0.15) is 22.2 Å². The van der Waals surface area contributed by atoms with Gasteiger partial charge in [0.2, 0.25) is 5.13 Å². The smallest absolute Gasteiger partial charge is 0.277 e. The van der Waals surface area contributed by atoms with E-state index in [1.54, 1.807) is 0 Å². The van der Waals surface area contributed by atoms with Crippen molar-refractivity contribution in [3.63, 3.8) is 0 Å². The summed E-state index contributed by atoms with van der Waals surface area (Å²) in [5, 5.41) is 12.5. The van der Waals surface area contributed by atoms with Crippen LogP contribution in [0.1, 0.15) is 53.5 Å². The van der Waals surface area contributed by atoms with Gasteiger partial charge in [-0.05, 0) is 25.0 Å². The average molecular weight is 345 g/mol. The molecule has 1 fully saturated rings. The molecule has 0 saturated heterocycles. The molecule has 3 aromatic rings. The molecule has 4 rings (SSSR count). The number of hydrogen-bond acceptors (Lipinski definition) is 5. The topological polar surface area (TPSA) is 72.2 Å². The van der Waals surface area contributed by atoms with Crippen molar-refractivity contribution in [3.8, 4) is 0 Å². The number of hydrogen-bond donors (Lipinski definition) is 1. The Morgan fingerprint density at radius 1 is 1.21 bits per heavy atom. The van der Waals surface area contributed by atoms with Crippen LogP contribution in [0, 0.1) is 5.82 Å². The first-order valence-electron chi connectivity index (χ1n) is 7.98. The zero-order chi connectivity index (χ0) is 16.5. The van der Waals surface area contributed by atoms with Crippen LogP contribution in [0.5, 0.6) is 0 Å². The highest BCUT2D eigenvalue weighted by Crippen LogP contribution is 2.35. The van der Waals surface area contributed by atoms with Gasteiger partial charge in [-0.25, -0.2) is 9.37 Å². The molecule has 8 heteroatoms. The molecule has 1 N–H and O–H groups in total. The van der Waals surface area contributed by atoms with Crippen LogP contribution in [-0.2, 0) is 0 Å². The van der Waals surface area contributed by atoms with Crippen LogP contribution in [0.4, 0.5) is 9.52 Å². The van der Waals surface area contributed by atoms with E-state index in [1.165, 1.54) is 59.5 Å². The highest BCUT2D eigenvalue weighted by atomic mass is 32.1. The van der Waals surface area contributed by atoms with E-state index in [1.807, 2.05) is 0 Å². The van der Waals surface area contributed by atoms with Crippen molar-refractivity contribution in [3.05, 3.63) is 41.0 Å². The highest BCUT2D eigenvalue weighted by Gasteiger charge is 2.21. The van der Waals surface area contributed by atoms with Gasteiger partial charge >= 0.3 is 0 Å². The van der Waals surface area contributed by atoms with Crippen molar-refractivity contribution < 1.29 is 9.18 Å². The van der Waals surface area contributed by atoms with Crippen LogP contribution in [0.25, 0.3) is 5.65 Å². The number of nitrogens with one attached hydrogen (secondary N) is 1. The Labute approximate surface area is 141 Å². The van der Waals surface area contributed by atoms with Crippen LogP contribution < -0.4 is 5.32 Å². The van der Waals surface area contributed by atoms with Gasteiger partial charge in [0.15, 0.2) is 0 Å². The summed E-state index contributed by atoms with van der Waals surface area (Å²) in [5.74, 6) is -0.293. The van der Waals surface area contributed by atoms with Gasteiger partial charge in [0, 0.05) is 18.3 Å². The number of anilines is 1. The third kappa shape index (κ3) is 3.01. The third-order valence-electron chi connectivity index (χ3n) is 4.26. The molecule has 1 aliphatic carbocycles. The molecule has 0 atom stereocenters. The minimum absolute atomic E-state index is 0.218. The van der Waals surface area contributed by atoms with Crippen LogP contribution >= 0.6 is 11.3 Å². The number of nitrogens with zero attached hydrogens (tertiary/aromatic N) is 4. The number of imidazole rings is 1. The van der Waals surface area contributed by atoms with Gasteiger partial charge in [0.05, 0.1) is 0 Å². The molecular formula is C16H16FN5OS. The van der Waals surface area contributed by atoms with Gasteiger partial charge in [-0.3, -0.25) is 10.1 Å². The summed E-state index contributed by atoms with van der Waals surface area (Å²) in [6, 6.07) is 2.84. The second kappa shape index (κ2) is 6.27. The summed E-state index contributed by atoms with van der Waals surface area (Å²) >= 11 is 1.42. The number of pyridine rings is 1. The number of carbonyl (C=O) groups is 1. The molecule has 0 spiro atoms. The molecule has 3 heterocycles. The first kappa shape index (κ1) is 15.2. The molecule has 1 amide bonds. The Bertz CT molecular complexity index is 884. The SMILES string of the molecule is O=C(Nc1nnc(C2CCCCC2)s1)c1cn2cc(F)ccc2n1. The Morgan fingerprint density at radius 3 is 2.88 bits per heavy atom. The zero-order valence-electron chi connectivity index (χ0n) is 12.9. The maximum Gasteiger partial charge on any atom is 0.277 e. The number of rotatable bonds is 3. The van der Waals surface area contributed by atoms with Crippen molar-refractivity contribution >= 4 is 28.0 Å². The number of fused-ring (bicyclic) bond motifs is 1. The van der Waals surface area contributed by atoms with E-state index in [0.29, 0.717) is 16.7 Å². The fourth-order valence-corrected chi connectivity index (χ4v) is 3.94. The minimum Gasteiger partial charge on any atom is -0.303 e. The molecule has 0 radical (unpaired) electrons. The molecule has 1 aliphatic rings. The summed E-state index contributed by atoms with van der Waals surface area (Å²) in [4.78, 5) is 16.5. The van der Waals surface area contributed by atoms with Gasteiger partial charge in [0.25, 0.3) is 5.91 Å². The van der Waals surface area contributed by atoms with E-state index in [-0.39, 0.29) is 17.4 Å². The summed E-state index contributed by atoms with van der Waals surface area (Å²) in [6.45, 7) is 0. The van der Waals surface area contributed by atoms with Gasteiger partial charge in [-0.1, -0.05) is 30.6 Å². The molecular weight excluding hydrogens is 329 g/mol. The van der Waals surface area contributed by atoms with Gasteiger partial charge < -0.3 is 4.40 Å². The average Bonchev–Trinajstić information content (AvgIpc) is 3.22. The molecule has 0 bridgehead atoms. The molecule has 1 saturated carbocycles. The van der Waals surface area contributed by atoms with Crippen molar-refractivity contribution in [2.45, 2.75) is 38.0 Å². The van der Waals surface area contributed by atoms with E-state index < -0.39 is 0 Å².